The predicted molar refractivity (Wildman–Crippen MR) is 141 cm³/mol. The lowest BCUT2D eigenvalue weighted by molar-refractivity contribution is 0.0997. The van der Waals surface area contributed by atoms with Crippen LogP contribution in [0.15, 0.2) is 58.6 Å². The molecule has 0 radical (unpaired) electrons. The van der Waals surface area contributed by atoms with Crippen molar-refractivity contribution < 1.29 is 13.2 Å². The van der Waals surface area contributed by atoms with E-state index in [9.17, 15) is 13.2 Å². The second-order valence-corrected chi connectivity index (χ2v) is 12.3. The van der Waals surface area contributed by atoms with Gasteiger partial charge in [-0.15, -0.1) is 0 Å². The molecule has 11 heteroatoms. The fraction of sp³-hybridized carbons (Fsp3) is 0.320. The number of primary amides is 1. The maximum atomic E-state index is 13.7. The summed E-state index contributed by atoms with van der Waals surface area (Å²) in [5, 5.41) is 3.86. The molecular weight excluding hydrogens is 521 g/mol. The molecule has 0 saturated carbocycles. The zero-order chi connectivity index (χ0) is 26.3. The van der Waals surface area contributed by atoms with Gasteiger partial charge in [-0.2, -0.15) is 0 Å². The molecule has 0 aliphatic carbocycles. The van der Waals surface area contributed by atoms with E-state index < -0.39 is 15.7 Å². The lowest BCUT2D eigenvalue weighted by Crippen LogP contribution is -2.40. The number of hydrogen-bond donors (Lipinski definition) is 2. The Morgan fingerprint density at radius 3 is 2.61 bits per heavy atom. The summed E-state index contributed by atoms with van der Waals surface area (Å²) in [6.45, 7) is 7.11. The first-order chi connectivity index (χ1) is 16.9. The van der Waals surface area contributed by atoms with E-state index in [4.69, 9.17) is 28.9 Å². The Labute approximate surface area is 220 Å². The van der Waals surface area contributed by atoms with Gasteiger partial charge in [0.15, 0.2) is 5.03 Å². The maximum absolute atomic E-state index is 13.7. The maximum Gasteiger partial charge on any atom is 0.253 e. The molecule has 3 heterocycles. The van der Waals surface area contributed by atoms with Crippen LogP contribution in [-0.4, -0.2) is 36.4 Å². The Kier molecular flexibility index (Phi) is 7.19. The van der Waals surface area contributed by atoms with Crippen LogP contribution < -0.4 is 16.0 Å². The average Bonchev–Trinajstić information content (AvgIpc) is 3.09. The van der Waals surface area contributed by atoms with Gasteiger partial charge < -0.3 is 16.0 Å². The van der Waals surface area contributed by atoms with E-state index in [1.54, 1.807) is 30.3 Å². The number of rotatable bonds is 7. The highest BCUT2D eigenvalue weighted by molar-refractivity contribution is 7.91. The highest BCUT2D eigenvalue weighted by Gasteiger charge is 2.40. The van der Waals surface area contributed by atoms with Gasteiger partial charge in [-0.1, -0.05) is 42.3 Å². The molecule has 8 nitrogen and oxygen atoms in total. The lowest BCUT2D eigenvalue weighted by Gasteiger charge is -2.33. The van der Waals surface area contributed by atoms with Crippen LogP contribution in [0, 0.1) is 5.92 Å². The minimum atomic E-state index is -4.20. The number of carbonyl (C=O) groups excluding carboxylic acids is 1. The molecule has 190 valence electrons. The number of sulfone groups is 1. The minimum Gasteiger partial charge on any atom is -0.366 e. The number of nitrogens with one attached hydrogen (secondary N) is 1. The number of hydrogen-bond acceptors (Lipinski definition) is 7. The normalized spacial score (nSPS) is 17.2. The van der Waals surface area contributed by atoms with Gasteiger partial charge in [-0.25, -0.2) is 18.4 Å². The van der Waals surface area contributed by atoms with Crippen molar-refractivity contribution in [2.45, 2.75) is 49.2 Å². The highest BCUT2D eigenvalue weighted by atomic mass is 35.5. The Bertz CT molecular complexity index is 1430. The van der Waals surface area contributed by atoms with Crippen molar-refractivity contribution in [1.29, 1.82) is 0 Å². The van der Waals surface area contributed by atoms with Crippen molar-refractivity contribution in [2.75, 3.05) is 16.8 Å². The summed E-state index contributed by atoms with van der Waals surface area (Å²) in [6, 6.07) is 11.0. The number of nitrogens with zero attached hydrogens (tertiary/aromatic N) is 3. The molecular formula is C25H27Cl2N5O3S. The molecule has 1 aromatic carbocycles. The van der Waals surface area contributed by atoms with Crippen molar-refractivity contribution in [3.63, 3.8) is 0 Å². The first kappa shape index (κ1) is 26.2. The molecule has 1 unspecified atom stereocenters. The average molecular weight is 548 g/mol. The van der Waals surface area contributed by atoms with E-state index >= 15 is 0 Å². The molecule has 1 aliphatic heterocycles. The van der Waals surface area contributed by atoms with E-state index in [1.165, 1.54) is 18.3 Å². The Morgan fingerprint density at radius 2 is 1.97 bits per heavy atom. The second kappa shape index (κ2) is 9.88. The predicted octanol–water partition coefficient (Wildman–Crippen LogP) is 4.95. The zero-order valence-corrected chi connectivity index (χ0v) is 22.5. The number of halogens is 2. The summed E-state index contributed by atoms with van der Waals surface area (Å²) in [7, 11) is -4.20. The third-order valence-electron chi connectivity index (χ3n) is 6.23. The topological polar surface area (TPSA) is 118 Å². The SMILES string of the molecule is CC1CN(c2nccc(S(=O)(=O)c3cccc(NCc4ccc(Cl)cc4Cl)n3)c2C(N)=O)C(C)(C)C1. The number of aromatic nitrogens is 2. The number of pyridine rings is 2. The number of anilines is 2. The van der Waals surface area contributed by atoms with E-state index in [1.807, 2.05) is 18.7 Å². The standard InChI is InChI=1S/C25H27Cl2N5O3S/c1-15-12-25(2,3)32(14-15)24-22(23(28)33)19(9-10-29-24)36(34,35)21-6-4-5-20(31-21)30-13-16-7-8-17(26)11-18(16)27/h4-11,15H,12-14H2,1-3H3,(H2,28,33)(H,30,31). The fourth-order valence-electron chi connectivity index (χ4n) is 4.68. The summed E-state index contributed by atoms with van der Waals surface area (Å²) >= 11 is 12.2. The van der Waals surface area contributed by atoms with E-state index in [2.05, 4.69) is 22.2 Å². The molecule has 1 amide bonds. The third-order valence-corrected chi connectivity index (χ3v) is 8.52. The summed E-state index contributed by atoms with van der Waals surface area (Å²) < 4.78 is 27.4. The quantitative estimate of drug-likeness (QED) is 0.429. The first-order valence-electron chi connectivity index (χ1n) is 11.4. The first-order valence-corrected chi connectivity index (χ1v) is 13.6. The monoisotopic (exact) mass is 547 g/mol. The van der Waals surface area contributed by atoms with Crippen LogP contribution in [0.3, 0.4) is 0 Å². The Hall–Kier alpha value is -2.88. The third kappa shape index (κ3) is 5.14. The Balaban J connectivity index is 1.70. The summed E-state index contributed by atoms with van der Waals surface area (Å²) in [6.07, 6.45) is 2.26. The van der Waals surface area contributed by atoms with Crippen molar-refractivity contribution in [2.24, 2.45) is 11.7 Å². The number of nitrogens with two attached hydrogens (primary N) is 1. The van der Waals surface area contributed by atoms with Crippen LogP contribution in [-0.2, 0) is 16.4 Å². The van der Waals surface area contributed by atoms with Gasteiger partial charge in [0.25, 0.3) is 5.91 Å². The molecule has 1 atom stereocenters. The molecule has 3 N–H and O–H groups in total. The van der Waals surface area contributed by atoms with Crippen LogP contribution in [0.4, 0.5) is 11.6 Å². The van der Waals surface area contributed by atoms with Gasteiger partial charge in [0.05, 0.1) is 4.90 Å². The molecule has 36 heavy (non-hydrogen) atoms. The van der Waals surface area contributed by atoms with Gasteiger partial charge in [0, 0.05) is 34.9 Å². The number of amides is 1. The van der Waals surface area contributed by atoms with Gasteiger partial charge in [0.1, 0.15) is 17.2 Å². The molecule has 1 aliphatic rings. The van der Waals surface area contributed by atoms with Gasteiger partial charge >= 0.3 is 0 Å². The molecule has 1 fully saturated rings. The van der Waals surface area contributed by atoms with Gasteiger partial charge in [-0.05, 0) is 62.1 Å². The van der Waals surface area contributed by atoms with E-state index in [0.717, 1.165) is 12.0 Å². The fourth-order valence-corrected chi connectivity index (χ4v) is 6.56. The second-order valence-electron chi connectivity index (χ2n) is 9.56. The molecule has 3 aromatic rings. The zero-order valence-electron chi connectivity index (χ0n) is 20.1. The van der Waals surface area contributed by atoms with Crippen LogP contribution in [0.5, 0.6) is 0 Å². The van der Waals surface area contributed by atoms with Gasteiger partial charge in [0.2, 0.25) is 9.84 Å². The Morgan fingerprint density at radius 1 is 1.22 bits per heavy atom. The number of benzene rings is 1. The molecule has 1 saturated heterocycles. The van der Waals surface area contributed by atoms with Crippen molar-refractivity contribution in [3.05, 3.63) is 69.8 Å². The number of carbonyl (C=O) groups is 1. The van der Waals surface area contributed by atoms with Crippen molar-refractivity contribution in [1.82, 2.24) is 9.97 Å². The lowest BCUT2D eigenvalue weighted by atomic mass is 9.97. The highest BCUT2D eigenvalue weighted by Crippen LogP contribution is 2.39. The largest absolute Gasteiger partial charge is 0.366 e. The molecule has 4 rings (SSSR count). The van der Waals surface area contributed by atoms with E-state index in [-0.39, 0.29) is 26.8 Å². The molecule has 2 aromatic heterocycles. The van der Waals surface area contributed by atoms with Crippen molar-refractivity contribution in [3.8, 4) is 0 Å². The van der Waals surface area contributed by atoms with Crippen molar-refractivity contribution >= 4 is 50.6 Å². The summed E-state index contributed by atoms with van der Waals surface area (Å²) in [5.41, 5.74) is 6.05. The van der Waals surface area contributed by atoms with Gasteiger partial charge in [-0.3, -0.25) is 4.79 Å². The van der Waals surface area contributed by atoms with Crippen LogP contribution in [0.2, 0.25) is 10.0 Å². The molecule has 0 spiro atoms. The summed E-state index contributed by atoms with van der Waals surface area (Å²) in [4.78, 5) is 23.0. The van der Waals surface area contributed by atoms with Crippen LogP contribution in [0.25, 0.3) is 0 Å². The molecule has 0 bridgehead atoms. The minimum absolute atomic E-state index is 0.132. The van der Waals surface area contributed by atoms with E-state index in [0.29, 0.717) is 34.9 Å². The van der Waals surface area contributed by atoms with Crippen LogP contribution in [0.1, 0.15) is 43.1 Å². The van der Waals surface area contributed by atoms with Crippen LogP contribution >= 0.6 is 23.2 Å². The smallest absolute Gasteiger partial charge is 0.253 e. The summed E-state index contributed by atoms with van der Waals surface area (Å²) in [5.74, 6) is 0.0797.